The fourth-order valence-corrected chi connectivity index (χ4v) is 1.39. The Hall–Kier alpha value is -1.01. The Morgan fingerprint density at radius 2 is 2.15 bits per heavy atom. The van der Waals surface area contributed by atoms with Crippen molar-refractivity contribution in [3.8, 4) is 5.75 Å². The molecule has 3 heteroatoms. The normalized spacial score (nSPS) is 9.77. The van der Waals surface area contributed by atoms with E-state index in [1.54, 1.807) is 6.07 Å². The lowest BCUT2D eigenvalue weighted by molar-refractivity contribution is 0.242. The fourth-order valence-electron chi connectivity index (χ4n) is 0.938. The molecule has 0 aliphatic carbocycles. The molecule has 0 saturated heterocycles. The summed E-state index contributed by atoms with van der Waals surface area (Å²) in [5, 5.41) is 0. The van der Waals surface area contributed by atoms with Crippen LogP contribution in [0.4, 0.5) is 5.69 Å². The number of benzene rings is 1. The van der Waals surface area contributed by atoms with Crippen molar-refractivity contribution in [2.75, 3.05) is 0 Å². The SMILES string of the molecule is [C-]#[N+]c1cccc(Br)c1OC(C)C. The van der Waals surface area contributed by atoms with Gasteiger partial charge < -0.3 is 4.74 Å². The summed E-state index contributed by atoms with van der Waals surface area (Å²) < 4.78 is 6.33. The molecule has 0 heterocycles. The Balaban J connectivity index is 3.10. The molecule has 1 aromatic carbocycles. The average Bonchev–Trinajstić information content (AvgIpc) is 2.08. The standard InChI is InChI=1S/C10H10BrNO/c1-7(2)13-10-8(11)5-4-6-9(10)12-3/h4-7H,1-2H3. The van der Waals surface area contributed by atoms with Gasteiger partial charge in [-0.15, -0.1) is 0 Å². The van der Waals surface area contributed by atoms with Crippen molar-refractivity contribution in [2.45, 2.75) is 20.0 Å². The zero-order chi connectivity index (χ0) is 9.84. The van der Waals surface area contributed by atoms with Crippen LogP contribution in [0, 0.1) is 6.57 Å². The lowest BCUT2D eigenvalue weighted by Crippen LogP contribution is -2.05. The average molecular weight is 240 g/mol. The molecular weight excluding hydrogens is 230 g/mol. The van der Waals surface area contributed by atoms with Gasteiger partial charge >= 0.3 is 0 Å². The van der Waals surface area contributed by atoms with Crippen molar-refractivity contribution in [1.82, 2.24) is 0 Å². The van der Waals surface area contributed by atoms with Gasteiger partial charge in [-0.05, 0) is 35.8 Å². The molecule has 0 aromatic heterocycles. The summed E-state index contributed by atoms with van der Waals surface area (Å²) >= 11 is 3.35. The van der Waals surface area contributed by atoms with Gasteiger partial charge in [-0.1, -0.05) is 12.1 Å². The van der Waals surface area contributed by atoms with Crippen LogP contribution < -0.4 is 4.74 Å². The Labute approximate surface area is 86.5 Å². The monoisotopic (exact) mass is 239 g/mol. The molecule has 0 unspecified atom stereocenters. The van der Waals surface area contributed by atoms with Crippen LogP contribution in [-0.4, -0.2) is 6.10 Å². The van der Waals surface area contributed by atoms with Crippen LogP contribution in [0.15, 0.2) is 22.7 Å². The molecule has 13 heavy (non-hydrogen) atoms. The minimum Gasteiger partial charge on any atom is -0.501 e. The largest absolute Gasteiger partial charge is 0.501 e. The molecule has 0 amide bonds. The molecule has 0 fully saturated rings. The smallest absolute Gasteiger partial charge is 0.229 e. The van der Waals surface area contributed by atoms with Crippen LogP contribution in [0.25, 0.3) is 4.85 Å². The van der Waals surface area contributed by atoms with Crippen LogP contribution in [0.3, 0.4) is 0 Å². The number of para-hydroxylation sites is 1. The minimum absolute atomic E-state index is 0.0826. The zero-order valence-corrected chi connectivity index (χ0v) is 9.13. The summed E-state index contributed by atoms with van der Waals surface area (Å²) in [5.41, 5.74) is 0.545. The number of rotatable bonds is 2. The first-order valence-electron chi connectivity index (χ1n) is 3.97. The minimum atomic E-state index is 0.0826. The molecule has 0 aliphatic rings. The number of hydrogen-bond donors (Lipinski definition) is 0. The highest BCUT2D eigenvalue weighted by molar-refractivity contribution is 9.10. The van der Waals surface area contributed by atoms with E-state index < -0.39 is 0 Å². The van der Waals surface area contributed by atoms with Gasteiger partial charge in [0.15, 0.2) is 0 Å². The molecule has 0 bridgehead atoms. The van der Waals surface area contributed by atoms with Gasteiger partial charge in [0.05, 0.1) is 12.7 Å². The molecule has 1 rings (SSSR count). The van der Waals surface area contributed by atoms with Crippen molar-refractivity contribution in [1.29, 1.82) is 0 Å². The number of halogens is 1. The zero-order valence-electron chi connectivity index (χ0n) is 7.54. The maximum atomic E-state index is 6.95. The second kappa shape index (κ2) is 4.29. The van der Waals surface area contributed by atoms with Gasteiger partial charge in [0.25, 0.3) is 0 Å². The highest BCUT2D eigenvalue weighted by Gasteiger charge is 2.08. The molecule has 68 valence electrons. The van der Waals surface area contributed by atoms with Gasteiger partial charge in [0, 0.05) is 4.47 Å². The highest BCUT2D eigenvalue weighted by atomic mass is 79.9. The van der Waals surface area contributed by atoms with E-state index in [2.05, 4.69) is 20.8 Å². The van der Waals surface area contributed by atoms with Crippen LogP contribution in [0.1, 0.15) is 13.8 Å². The summed E-state index contributed by atoms with van der Waals surface area (Å²) in [4.78, 5) is 3.38. The van der Waals surface area contributed by atoms with Crippen molar-refractivity contribution >= 4 is 21.6 Å². The van der Waals surface area contributed by atoms with Gasteiger partial charge in [-0.25, -0.2) is 4.85 Å². The molecule has 0 aliphatic heterocycles. The third kappa shape index (κ3) is 2.46. The second-order valence-electron chi connectivity index (χ2n) is 2.87. The molecule has 1 aromatic rings. The summed E-state index contributed by atoms with van der Waals surface area (Å²) in [5.74, 6) is 0.632. The van der Waals surface area contributed by atoms with Gasteiger partial charge in [0.1, 0.15) is 5.75 Å². The highest BCUT2D eigenvalue weighted by Crippen LogP contribution is 2.35. The Bertz CT molecular complexity index is 341. The maximum absolute atomic E-state index is 6.95. The fraction of sp³-hybridized carbons (Fsp3) is 0.300. The number of hydrogen-bond acceptors (Lipinski definition) is 1. The molecule has 0 spiro atoms. The van der Waals surface area contributed by atoms with Crippen LogP contribution in [-0.2, 0) is 0 Å². The Morgan fingerprint density at radius 3 is 2.69 bits per heavy atom. The second-order valence-corrected chi connectivity index (χ2v) is 3.72. The first-order valence-corrected chi connectivity index (χ1v) is 4.77. The van der Waals surface area contributed by atoms with Gasteiger partial charge in [-0.3, -0.25) is 0 Å². The molecule has 0 atom stereocenters. The molecule has 0 saturated carbocycles. The predicted octanol–water partition coefficient (Wildman–Crippen LogP) is 3.79. The van der Waals surface area contributed by atoms with E-state index in [0.717, 1.165) is 4.47 Å². The van der Waals surface area contributed by atoms with E-state index in [4.69, 9.17) is 11.3 Å². The van der Waals surface area contributed by atoms with Gasteiger partial charge in [-0.2, -0.15) is 0 Å². The van der Waals surface area contributed by atoms with Crippen molar-refractivity contribution in [3.63, 3.8) is 0 Å². The van der Waals surface area contributed by atoms with E-state index in [1.165, 1.54) is 0 Å². The molecule has 0 N–H and O–H groups in total. The third-order valence-electron chi connectivity index (χ3n) is 1.42. The van der Waals surface area contributed by atoms with Crippen LogP contribution in [0.5, 0.6) is 5.75 Å². The lowest BCUT2D eigenvalue weighted by Gasteiger charge is -2.12. The van der Waals surface area contributed by atoms with E-state index in [0.29, 0.717) is 11.4 Å². The molecular formula is C10H10BrNO. The van der Waals surface area contributed by atoms with Crippen LogP contribution in [0.2, 0.25) is 0 Å². The summed E-state index contributed by atoms with van der Waals surface area (Å²) in [7, 11) is 0. The summed E-state index contributed by atoms with van der Waals surface area (Å²) in [6, 6.07) is 5.44. The first-order chi connectivity index (χ1) is 6.15. The number of ether oxygens (including phenoxy) is 1. The first kappa shape index (κ1) is 10.1. The molecule has 0 radical (unpaired) electrons. The van der Waals surface area contributed by atoms with Crippen LogP contribution >= 0.6 is 15.9 Å². The molecule has 2 nitrogen and oxygen atoms in total. The lowest BCUT2D eigenvalue weighted by atomic mass is 10.3. The third-order valence-corrected chi connectivity index (χ3v) is 2.04. The van der Waals surface area contributed by atoms with E-state index in [-0.39, 0.29) is 6.10 Å². The van der Waals surface area contributed by atoms with Crippen molar-refractivity contribution in [2.24, 2.45) is 0 Å². The quantitative estimate of drug-likeness (QED) is 0.717. The van der Waals surface area contributed by atoms with Crippen molar-refractivity contribution < 1.29 is 4.74 Å². The Morgan fingerprint density at radius 1 is 1.46 bits per heavy atom. The topological polar surface area (TPSA) is 13.6 Å². The Kier molecular flexibility index (Phi) is 3.32. The summed E-state index contributed by atoms with van der Waals surface area (Å²) in [6.07, 6.45) is 0.0826. The van der Waals surface area contributed by atoms with E-state index in [9.17, 15) is 0 Å². The van der Waals surface area contributed by atoms with E-state index in [1.807, 2.05) is 26.0 Å². The van der Waals surface area contributed by atoms with E-state index >= 15 is 0 Å². The van der Waals surface area contributed by atoms with Gasteiger partial charge in [0.2, 0.25) is 5.69 Å². The summed E-state index contributed by atoms with van der Waals surface area (Å²) in [6.45, 7) is 10.8. The van der Waals surface area contributed by atoms with Crippen molar-refractivity contribution in [3.05, 3.63) is 34.1 Å². The number of nitrogens with zero attached hydrogens (tertiary/aromatic N) is 1. The maximum Gasteiger partial charge on any atom is 0.229 e. The predicted molar refractivity (Wildman–Crippen MR) is 56.2 cm³/mol.